The number of carbonyl (C=O) groups excluding carboxylic acids is 1. The van der Waals surface area contributed by atoms with Gasteiger partial charge in [0.15, 0.2) is 0 Å². The summed E-state index contributed by atoms with van der Waals surface area (Å²) in [5.74, 6) is 0. The Bertz CT molecular complexity index is 348. The molecule has 0 heterocycles. The fourth-order valence-corrected chi connectivity index (χ4v) is 1.21. The number of nitro groups is 1. The Labute approximate surface area is 75.3 Å². The molecule has 67 valence electrons. The molecule has 0 aromatic heterocycles. The quantitative estimate of drug-likeness (QED) is 0.511. The van der Waals surface area contributed by atoms with Gasteiger partial charge in [-0.25, -0.2) is 0 Å². The fraction of sp³-hybridized carbons (Fsp3) is 0.222. The number of hydrogen-bond acceptors (Lipinski definition) is 3. The molecule has 1 radical (unpaired) electrons. The van der Waals surface area contributed by atoms with Crippen LogP contribution in [0.1, 0.15) is 16.7 Å². The van der Waals surface area contributed by atoms with Crippen LogP contribution >= 0.6 is 0 Å². The summed E-state index contributed by atoms with van der Waals surface area (Å²) in [6.45, 7) is 3.31. The third kappa shape index (κ3) is 1.72. The molecule has 0 fully saturated rings. The highest BCUT2D eigenvalue weighted by atomic mass is 16.6. The number of nitrogens with zero attached hydrogens (tertiary/aromatic N) is 1. The van der Waals surface area contributed by atoms with Crippen molar-refractivity contribution in [1.29, 1.82) is 0 Å². The highest BCUT2D eigenvalue weighted by Gasteiger charge is 2.11. The largest absolute Gasteiger partial charge is 0.285 e. The van der Waals surface area contributed by atoms with Gasteiger partial charge < -0.3 is 0 Å². The zero-order valence-electron chi connectivity index (χ0n) is 7.33. The Morgan fingerprint density at radius 3 is 2.08 bits per heavy atom. The highest BCUT2D eigenvalue weighted by molar-refractivity contribution is 5.80. The topological polar surface area (TPSA) is 60.2 Å². The molecular weight excluding hydrogens is 170 g/mol. The lowest BCUT2D eigenvalue weighted by molar-refractivity contribution is -0.384. The van der Waals surface area contributed by atoms with Crippen molar-refractivity contribution in [3.63, 3.8) is 0 Å². The Hall–Kier alpha value is -1.71. The van der Waals surface area contributed by atoms with E-state index < -0.39 is 4.92 Å². The van der Waals surface area contributed by atoms with Crippen molar-refractivity contribution in [3.8, 4) is 0 Å². The van der Waals surface area contributed by atoms with Crippen LogP contribution in [-0.4, -0.2) is 11.2 Å². The zero-order chi connectivity index (χ0) is 10.0. The van der Waals surface area contributed by atoms with Crippen molar-refractivity contribution in [2.75, 3.05) is 0 Å². The first-order chi connectivity index (χ1) is 6.06. The second kappa shape index (κ2) is 3.35. The van der Waals surface area contributed by atoms with Crippen LogP contribution in [0.4, 0.5) is 5.69 Å². The van der Waals surface area contributed by atoms with E-state index in [1.807, 2.05) is 0 Å². The molecule has 13 heavy (non-hydrogen) atoms. The lowest BCUT2D eigenvalue weighted by Gasteiger charge is -2.01. The first kappa shape index (κ1) is 9.38. The van der Waals surface area contributed by atoms with Gasteiger partial charge in [-0.3, -0.25) is 14.9 Å². The van der Waals surface area contributed by atoms with Gasteiger partial charge in [-0.1, -0.05) is 0 Å². The lowest BCUT2D eigenvalue weighted by atomic mass is 10.0. The molecule has 0 amide bonds. The smallest absolute Gasteiger partial charge is 0.270 e. The Balaban J connectivity index is 3.36. The molecule has 0 saturated heterocycles. The van der Waals surface area contributed by atoms with E-state index in [0.717, 1.165) is 0 Å². The van der Waals surface area contributed by atoms with Gasteiger partial charge in [0.1, 0.15) is 0 Å². The van der Waals surface area contributed by atoms with Crippen molar-refractivity contribution >= 4 is 12.0 Å². The molecule has 0 unspecified atom stereocenters. The number of hydrogen-bond donors (Lipinski definition) is 0. The van der Waals surface area contributed by atoms with E-state index in [1.165, 1.54) is 12.1 Å². The number of non-ortho nitro benzene ring substituents is 1. The first-order valence-electron chi connectivity index (χ1n) is 3.70. The molecule has 4 nitrogen and oxygen atoms in total. The number of benzene rings is 1. The number of rotatable bonds is 2. The first-order valence-corrected chi connectivity index (χ1v) is 3.70. The summed E-state index contributed by atoms with van der Waals surface area (Å²) in [7, 11) is 0. The van der Waals surface area contributed by atoms with Crippen LogP contribution in [0, 0.1) is 24.0 Å². The summed E-state index contributed by atoms with van der Waals surface area (Å²) in [5.41, 5.74) is 1.59. The molecule has 4 heteroatoms. The predicted molar refractivity (Wildman–Crippen MR) is 47.4 cm³/mol. The predicted octanol–water partition coefficient (Wildman–Crippen LogP) is 1.67. The molecule has 1 rings (SSSR count). The number of aryl methyl sites for hydroxylation is 2. The summed E-state index contributed by atoms with van der Waals surface area (Å²) < 4.78 is 0. The molecule has 0 N–H and O–H groups in total. The van der Waals surface area contributed by atoms with Crippen molar-refractivity contribution in [2.45, 2.75) is 13.8 Å². The lowest BCUT2D eigenvalue weighted by Crippen LogP contribution is -1.95. The van der Waals surface area contributed by atoms with Crippen LogP contribution < -0.4 is 0 Å². The number of nitro benzene ring substituents is 1. The fourth-order valence-electron chi connectivity index (χ4n) is 1.21. The van der Waals surface area contributed by atoms with Gasteiger partial charge in [0, 0.05) is 17.7 Å². The Morgan fingerprint density at radius 2 is 1.77 bits per heavy atom. The maximum Gasteiger partial charge on any atom is 0.270 e. The SMILES string of the molecule is Cc1cc([N+](=O)[O-])cc(C)c1[C]=O. The minimum Gasteiger partial charge on any atom is -0.285 e. The van der Waals surface area contributed by atoms with Gasteiger partial charge >= 0.3 is 0 Å². The third-order valence-corrected chi connectivity index (χ3v) is 1.83. The van der Waals surface area contributed by atoms with Crippen molar-refractivity contribution in [3.05, 3.63) is 38.9 Å². The van der Waals surface area contributed by atoms with E-state index in [-0.39, 0.29) is 5.69 Å². The van der Waals surface area contributed by atoms with Crippen LogP contribution in [0.5, 0.6) is 0 Å². The van der Waals surface area contributed by atoms with Crippen LogP contribution in [0.3, 0.4) is 0 Å². The van der Waals surface area contributed by atoms with E-state index in [4.69, 9.17) is 0 Å². The molecule has 1 aromatic carbocycles. The molecule has 0 saturated carbocycles. The molecule has 1 aromatic rings. The molecule has 0 spiro atoms. The zero-order valence-corrected chi connectivity index (χ0v) is 7.33. The minimum atomic E-state index is -0.478. The maximum atomic E-state index is 10.4. The summed E-state index contributed by atoms with van der Waals surface area (Å²) in [6, 6.07) is 2.74. The average Bonchev–Trinajstić information content (AvgIpc) is 2.03. The van der Waals surface area contributed by atoms with E-state index in [2.05, 4.69) is 0 Å². The van der Waals surface area contributed by atoms with E-state index in [9.17, 15) is 14.9 Å². The highest BCUT2D eigenvalue weighted by Crippen LogP contribution is 2.19. The molecule has 0 atom stereocenters. The van der Waals surface area contributed by atoms with Gasteiger partial charge in [-0.05, 0) is 25.0 Å². The van der Waals surface area contributed by atoms with Gasteiger partial charge in [-0.15, -0.1) is 0 Å². The van der Waals surface area contributed by atoms with Crippen LogP contribution in [-0.2, 0) is 4.79 Å². The minimum absolute atomic E-state index is 0.00833. The maximum absolute atomic E-state index is 10.4. The Morgan fingerprint density at radius 1 is 1.31 bits per heavy atom. The molecule has 0 aliphatic carbocycles. The van der Waals surface area contributed by atoms with Gasteiger partial charge in [0.25, 0.3) is 5.69 Å². The van der Waals surface area contributed by atoms with Gasteiger partial charge in [-0.2, -0.15) is 0 Å². The average molecular weight is 178 g/mol. The summed E-state index contributed by atoms with van der Waals surface area (Å²) in [6.07, 6.45) is 1.76. The van der Waals surface area contributed by atoms with E-state index in [0.29, 0.717) is 16.7 Å². The van der Waals surface area contributed by atoms with Crippen molar-refractivity contribution < 1.29 is 9.72 Å². The van der Waals surface area contributed by atoms with Crippen molar-refractivity contribution in [1.82, 2.24) is 0 Å². The molecule has 0 aliphatic heterocycles. The second-order valence-corrected chi connectivity index (χ2v) is 2.81. The summed E-state index contributed by atoms with van der Waals surface area (Å²) >= 11 is 0. The molecular formula is C9H8NO3. The van der Waals surface area contributed by atoms with E-state index in [1.54, 1.807) is 20.1 Å². The Kier molecular flexibility index (Phi) is 2.41. The monoisotopic (exact) mass is 178 g/mol. The van der Waals surface area contributed by atoms with Crippen LogP contribution in [0.2, 0.25) is 0 Å². The van der Waals surface area contributed by atoms with E-state index >= 15 is 0 Å². The summed E-state index contributed by atoms with van der Waals surface area (Å²) in [5, 5.41) is 10.4. The summed E-state index contributed by atoms with van der Waals surface area (Å²) in [4.78, 5) is 20.4. The molecule has 0 bridgehead atoms. The third-order valence-electron chi connectivity index (χ3n) is 1.83. The standard InChI is InChI=1S/C9H8NO3/c1-6-3-8(10(12)13)4-7(2)9(6)5-11/h3-4H,1-2H3. The second-order valence-electron chi connectivity index (χ2n) is 2.81. The van der Waals surface area contributed by atoms with Gasteiger partial charge in [0.2, 0.25) is 6.29 Å². The normalized spacial score (nSPS) is 9.69. The van der Waals surface area contributed by atoms with Crippen LogP contribution in [0.15, 0.2) is 12.1 Å². The van der Waals surface area contributed by atoms with Gasteiger partial charge in [0.05, 0.1) is 4.92 Å². The van der Waals surface area contributed by atoms with Crippen LogP contribution in [0.25, 0.3) is 0 Å². The van der Waals surface area contributed by atoms with Crippen molar-refractivity contribution in [2.24, 2.45) is 0 Å². The molecule has 0 aliphatic rings.